The predicted molar refractivity (Wildman–Crippen MR) is 168 cm³/mol. The van der Waals surface area contributed by atoms with Crippen molar-refractivity contribution in [1.82, 2.24) is 0 Å². The number of hydrogen-bond donors (Lipinski definition) is 0. The maximum atomic E-state index is 3.84. The van der Waals surface area contributed by atoms with Crippen molar-refractivity contribution in [1.29, 1.82) is 0 Å². The Morgan fingerprint density at radius 2 is 1.48 bits per heavy atom. The molecule has 3 aromatic rings. The Hall–Kier alpha value is -2.31. The molecule has 0 fully saturated rings. The van der Waals surface area contributed by atoms with Crippen molar-refractivity contribution in [2.45, 2.75) is 60.3 Å². The number of fused-ring (bicyclic) bond motifs is 2. The van der Waals surface area contributed by atoms with Crippen molar-refractivity contribution in [3.05, 3.63) is 152 Å². The number of allylic oxidation sites excluding steroid dienone is 8. The topological polar surface area (TPSA) is 0 Å². The molecule has 0 aliphatic heterocycles. The average molecular weight is 670 g/mol. The number of rotatable bonds is 6. The van der Waals surface area contributed by atoms with Crippen LogP contribution in [-0.2, 0) is 24.2 Å². The van der Waals surface area contributed by atoms with E-state index in [4.69, 9.17) is 0 Å². The molecule has 0 saturated carbocycles. The van der Waals surface area contributed by atoms with Gasteiger partial charge in [-0.1, -0.05) is 85.9 Å². The quantitative estimate of drug-likeness (QED) is 0.354. The van der Waals surface area contributed by atoms with Crippen LogP contribution in [-0.4, -0.2) is 3.21 Å². The van der Waals surface area contributed by atoms with E-state index in [0.29, 0.717) is 0 Å². The fourth-order valence-electron chi connectivity index (χ4n) is 6.63. The van der Waals surface area contributed by atoms with E-state index >= 15 is 0 Å². The van der Waals surface area contributed by atoms with Crippen molar-refractivity contribution in [2.75, 3.05) is 0 Å². The summed E-state index contributed by atoms with van der Waals surface area (Å²) < 4.78 is 1.42. The van der Waals surface area contributed by atoms with Crippen LogP contribution < -0.4 is 35.3 Å². The maximum absolute atomic E-state index is 3.84. The Bertz CT molecular complexity index is 1650. The first-order valence-corrected chi connectivity index (χ1v) is 15.9. The molecular weight excluding hydrogens is 631 g/mol. The van der Waals surface area contributed by atoms with Crippen LogP contribution in [0.5, 0.6) is 0 Å². The number of benzene rings is 3. The van der Waals surface area contributed by atoms with E-state index < -0.39 is 0 Å². The Morgan fingerprint density at radius 1 is 0.857 bits per heavy atom. The summed E-state index contributed by atoms with van der Waals surface area (Å²) >= 11 is 1.46. The standard InChI is InChI=1S/C26H29.C13H10.2ClH.Zr/c1-6-20-23(7-2)26(5,8-3)25(18-11-9-10-12-18)22-16-19-15-17(4)13-14-21(19)24(20)22;1-3-7-12(8-4-1)11-13-9-5-2-6-10-13;;;/h9-11,13-15H,6-8,12H2,1-5H3;1-10H;2*1H;/q-1;;;;+2/p-2. The van der Waals surface area contributed by atoms with Crippen LogP contribution in [0.4, 0.5) is 0 Å². The van der Waals surface area contributed by atoms with Crippen molar-refractivity contribution < 1.29 is 49.0 Å². The van der Waals surface area contributed by atoms with Crippen LogP contribution in [0, 0.1) is 12.3 Å². The zero-order valence-corrected chi connectivity index (χ0v) is 29.3. The van der Waals surface area contributed by atoms with Gasteiger partial charge in [0.2, 0.25) is 0 Å². The van der Waals surface area contributed by atoms with Crippen molar-refractivity contribution in [3.63, 3.8) is 0 Å². The molecule has 1 unspecified atom stereocenters. The van der Waals surface area contributed by atoms with Gasteiger partial charge in [-0.3, -0.25) is 0 Å². The molecule has 42 heavy (non-hydrogen) atoms. The summed E-state index contributed by atoms with van der Waals surface area (Å²) in [5.74, 6) is 0. The van der Waals surface area contributed by atoms with Crippen LogP contribution in [0.3, 0.4) is 0 Å². The molecule has 0 heterocycles. The zero-order valence-electron chi connectivity index (χ0n) is 25.3. The summed E-state index contributed by atoms with van der Waals surface area (Å²) in [5, 5.41) is 2.66. The van der Waals surface area contributed by atoms with Crippen molar-refractivity contribution >= 4 is 14.9 Å². The number of aryl methyl sites for hydroxylation is 1. The first-order chi connectivity index (χ1) is 19.4. The zero-order chi connectivity index (χ0) is 28.3. The second-order valence-electron chi connectivity index (χ2n) is 11.1. The van der Waals surface area contributed by atoms with Gasteiger partial charge in [0, 0.05) is 0 Å². The molecule has 0 bridgehead atoms. The molecule has 3 aromatic carbocycles. The summed E-state index contributed by atoms with van der Waals surface area (Å²) in [5.41, 5.74) is 13.1. The third-order valence-electron chi connectivity index (χ3n) is 8.72. The van der Waals surface area contributed by atoms with Gasteiger partial charge >= 0.3 is 99.2 Å². The van der Waals surface area contributed by atoms with Gasteiger partial charge < -0.3 is 24.8 Å². The molecule has 0 aromatic heterocycles. The fourth-order valence-corrected chi connectivity index (χ4v) is 7.45. The molecule has 0 spiro atoms. The first kappa shape index (κ1) is 34.2. The molecule has 0 N–H and O–H groups in total. The predicted octanol–water partition coefficient (Wildman–Crippen LogP) is 2.36. The van der Waals surface area contributed by atoms with Gasteiger partial charge in [0.05, 0.1) is 0 Å². The Balaban J connectivity index is 0.000000258. The van der Waals surface area contributed by atoms with Crippen LogP contribution in [0.2, 0.25) is 0 Å². The molecule has 0 saturated heterocycles. The summed E-state index contributed by atoms with van der Waals surface area (Å²) in [7, 11) is 0. The fraction of sp³-hybridized carbons (Fsp3) is 0.256. The molecule has 214 valence electrons. The molecule has 1 atom stereocenters. The monoisotopic (exact) mass is 667 g/mol. The van der Waals surface area contributed by atoms with Gasteiger partial charge in [-0.05, 0) is 38.0 Å². The van der Waals surface area contributed by atoms with Gasteiger partial charge in [0.1, 0.15) is 0 Å². The second kappa shape index (κ2) is 14.9. The van der Waals surface area contributed by atoms with E-state index in [-0.39, 0.29) is 30.2 Å². The third kappa shape index (κ3) is 6.45. The van der Waals surface area contributed by atoms with Crippen molar-refractivity contribution in [3.8, 4) is 0 Å². The van der Waals surface area contributed by atoms with Crippen LogP contribution in [0.15, 0.2) is 125 Å². The van der Waals surface area contributed by atoms with E-state index in [2.05, 4.69) is 138 Å². The average Bonchev–Trinajstić information content (AvgIpc) is 3.65. The molecule has 3 heteroatoms. The summed E-state index contributed by atoms with van der Waals surface area (Å²) in [6.07, 6.45) is 15.1. The normalized spacial score (nSPS) is 18.2. The number of halogens is 2. The molecule has 3 aliphatic carbocycles. The first-order valence-electron chi connectivity index (χ1n) is 14.7. The Morgan fingerprint density at radius 3 is 1.98 bits per heavy atom. The van der Waals surface area contributed by atoms with Gasteiger partial charge in [-0.2, -0.15) is 0 Å². The Labute approximate surface area is 279 Å². The van der Waals surface area contributed by atoms with E-state index in [9.17, 15) is 0 Å². The van der Waals surface area contributed by atoms with Crippen molar-refractivity contribution in [2.24, 2.45) is 5.41 Å². The van der Waals surface area contributed by atoms with Gasteiger partial charge in [0.25, 0.3) is 0 Å². The van der Waals surface area contributed by atoms with Crippen LogP contribution in [0.25, 0.3) is 11.6 Å². The number of hydrogen-bond acceptors (Lipinski definition) is 0. The summed E-state index contributed by atoms with van der Waals surface area (Å²) in [6, 6.07) is 28.0. The molecule has 0 nitrogen and oxygen atoms in total. The molecular formula is C39H39Cl2Zr-. The van der Waals surface area contributed by atoms with Gasteiger partial charge in [-0.25, -0.2) is 0 Å². The SMILES string of the molecule is CCC1=C(CC)C(C)(CC)C(C2=CC=CC2)=C2[C-]=c3cc(C)ccc3=C21.[Cl-].[Cl-].[Zr+2]=[C](c1ccccc1)c1ccccc1. The second-order valence-corrected chi connectivity index (χ2v) is 12.3. The molecule has 3 aliphatic rings. The van der Waals surface area contributed by atoms with E-state index in [1.165, 1.54) is 76.9 Å². The van der Waals surface area contributed by atoms with E-state index in [1.807, 2.05) is 0 Å². The minimum absolute atomic E-state index is 0. The Kier molecular flexibility index (Phi) is 12.1. The van der Waals surface area contributed by atoms with E-state index in [1.54, 1.807) is 11.1 Å². The third-order valence-corrected chi connectivity index (χ3v) is 10.1. The molecule has 0 amide bonds. The van der Waals surface area contributed by atoms with Crippen LogP contribution in [0.1, 0.15) is 70.1 Å². The van der Waals surface area contributed by atoms with E-state index in [0.717, 1.165) is 25.7 Å². The summed E-state index contributed by atoms with van der Waals surface area (Å²) in [6.45, 7) is 11.7. The molecule has 0 radical (unpaired) electrons. The minimum atomic E-state index is 0. The summed E-state index contributed by atoms with van der Waals surface area (Å²) in [4.78, 5) is 0. The van der Waals surface area contributed by atoms with Crippen LogP contribution >= 0.6 is 0 Å². The molecule has 6 rings (SSSR count). The van der Waals surface area contributed by atoms with Gasteiger partial charge in [-0.15, -0.1) is 33.7 Å². The van der Waals surface area contributed by atoms with Gasteiger partial charge in [0.15, 0.2) is 0 Å².